The predicted octanol–water partition coefficient (Wildman–Crippen LogP) is 3.54. The number of fused-ring (bicyclic) bond motifs is 1. The fourth-order valence-corrected chi connectivity index (χ4v) is 2.63. The highest BCUT2D eigenvalue weighted by Gasteiger charge is 2.31. The van der Waals surface area contributed by atoms with Crippen LogP contribution >= 0.6 is 11.6 Å². The van der Waals surface area contributed by atoms with Crippen LogP contribution in [0.5, 0.6) is 0 Å². The van der Waals surface area contributed by atoms with Crippen molar-refractivity contribution in [1.29, 1.82) is 0 Å². The molecular formula is C16H12ClFN2O2. The van der Waals surface area contributed by atoms with E-state index < -0.39 is 11.7 Å². The van der Waals surface area contributed by atoms with E-state index in [4.69, 9.17) is 11.6 Å². The van der Waals surface area contributed by atoms with Gasteiger partial charge in [0.1, 0.15) is 5.82 Å². The molecule has 2 aromatic carbocycles. The van der Waals surface area contributed by atoms with Gasteiger partial charge in [-0.1, -0.05) is 29.8 Å². The van der Waals surface area contributed by atoms with Crippen molar-refractivity contribution in [3.8, 4) is 0 Å². The molecule has 4 nitrogen and oxygen atoms in total. The van der Waals surface area contributed by atoms with Gasteiger partial charge in [0.25, 0.3) is 0 Å². The molecule has 1 aliphatic heterocycles. The van der Waals surface area contributed by atoms with Gasteiger partial charge in [-0.15, -0.1) is 0 Å². The molecule has 2 aromatic rings. The number of carbonyl (C=O) groups is 2. The van der Waals surface area contributed by atoms with Gasteiger partial charge >= 0.3 is 0 Å². The first kappa shape index (κ1) is 14.5. The van der Waals surface area contributed by atoms with Gasteiger partial charge < -0.3 is 10.6 Å². The lowest BCUT2D eigenvalue weighted by Gasteiger charge is -2.10. The van der Waals surface area contributed by atoms with E-state index in [1.54, 1.807) is 6.07 Å². The second-order valence-electron chi connectivity index (χ2n) is 5.01. The zero-order valence-electron chi connectivity index (χ0n) is 11.4. The Morgan fingerprint density at radius 3 is 2.82 bits per heavy atom. The van der Waals surface area contributed by atoms with Crippen LogP contribution in [0.15, 0.2) is 42.5 Å². The number of hydrogen-bond acceptors (Lipinski definition) is 2. The van der Waals surface area contributed by atoms with Crippen LogP contribution in [0.4, 0.5) is 15.8 Å². The van der Waals surface area contributed by atoms with Crippen LogP contribution in [-0.2, 0) is 9.59 Å². The van der Waals surface area contributed by atoms with Crippen LogP contribution in [0, 0.1) is 5.82 Å². The Hall–Kier alpha value is -2.40. The maximum atomic E-state index is 13.1. The van der Waals surface area contributed by atoms with Crippen molar-refractivity contribution in [1.82, 2.24) is 0 Å². The van der Waals surface area contributed by atoms with E-state index in [0.29, 0.717) is 5.69 Å². The molecular weight excluding hydrogens is 307 g/mol. The number of carbonyl (C=O) groups excluding carboxylic acids is 2. The lowest BCUT2D eigenvalue weighted by molar-refractivity contribution is -0.122. The zero-order chi connectivity index (χ0) is 15.7. The first-order chi connectivity index (χ1) is 10.5. The standard InChI is InChI=1S/C16H12ClFN2O2/c17-12-7-9(5-6-13(12)18)19-15(21)8-11-10-3-1-2-4-14(10)20-16(11)22/h1-7,11H,8H2,(H,19,21)(H,20,22). The highest BCUT2D eigenvalue weighted by Crippen LogP contribution is 2.34. The fraction of sp³-hybridized carbons (Fsp3) is 0.125. The van der Waals surface area contributed by atoms with Crippen LogP contribution in [0.3, 0.4) is 0 Å². The maximum Gasteiger partial charge on any atom is 0.232 e. The molecule has 0 radical (unpaired) electrons. The van der Waals surface area contributed by atoms with E-state index >= 15 is 0 Å². The Labute approximate surface area is 131 Å². The molecule has 1 unspecified atom stereocenters. The molecule has 1 atom stereocenters. The molecule has 0 bridgehead atoms. The van der Waals surface area contributed by atoms with Gasteiger partial charge in [-0.25, -0.2) is 4.39 Å². The summed E-state index contributed by atoms with van der Waals surface area (Å²) < 4.78 is 13.1. The molecule has 6 heteroatoms. The lowest BCUT2D eigenvalue weighted by atomic mass is 9.97. The van der Waals surface area contributed by atoms with E-state index in [2.05, 4.69) is 10.6 Å². The molecule has 0 saturated heterocycles. The summed E-state index contributed by atoms with van der Waals surface area (Å²) in [4.78, 5) is 24.0. The van der Waals surface area contributed by atoms with Crippen molar-refractivity contribution in [2.45, 2.75) is 12.3 Å². The monoisotopic (exact) mass is 318 g/mol. The summed E-state index contributed by atoms with van der Waals surface area (Å²) in [5.41, 5.74) is 1.93. The van der Waals surface area contributed by atoms with E-state index in [1.165, 1.54) is 18.2 Å². The normalized spacial score (nSPS) is 16.1. The number of anilines is 2. The zero-order valence-corrected chi connectivity index (χ0v) is 12.2. The third-order valence-corrected chi connectivity index (χ3v) is 3.79. The molecule has 0 fully saturated rings. The minimum atomic E-state index is -0.552. The minimum absolute atomic E-state index is 0.0117. The number of rotatable bonds is 3. The topological polar surface area (TPSA) is 58.2 Å². The Morgan fingerprint density at radius 1 is 1.27 bits per heavy atom. The fourth-order valence-electron chi connectivity index (χ4n) is 2.45. The minimum Gasteiger partial charge on any atom is -0.326 e. The Bertz CT molecular complexity index is 764. The van der Waals surface area contributed by atoms with Crippen molar-refractivity contribution in [2.75, 3.05) is 10.6 Å². The number of nitrogens with one attached hydrogen (secondary N) is 2. The Morgan fingerprint density at radius 2 is 2.05 bits per heavy atom. The van der Waals surface area contributed by atoms with Gasteiger partial charge in [-0.3, -0.25) is 9.59 Å². The molecule has 2 N–H and O–H groups in total. The molecule has 1 heterocycles. The third kappa shape index (κ3) is 2.80. The van der Waals surface area contributed by atoms with Crippen LogP contribution in [0.25, 0.3) is 0 Å². The largest absolute Gasteiger partial charge is 0.326 e. The van der Waals surface area contributed by atoms with Gasteiger partial charge in [0, 0.05) is 17.8 Å². The average molecular weight is 319 g/mol. The van der Waals surface area contributed by atoms with Crippen molar-refractivity contribution in [3.63, 3.8) is 0 Å². The van der Waals surface area contributed by atoms with E-state index in [-0.39, 0.29) is 23.3 Å². The van der Waals surface area contributed by atoms with E-state index in [1.807, 2.05) is 18.2 Å². The number of para-hydroxylation sites is 1. The summed E-state index contributed by atoms with van der Waals surface area (Å²) >= 11 is 5.67. The third-order valence-electron chi connectivity index (χ3n) is 3.50. The molecule has 112 valence electrons. The number of halogens is 2. The van der Waals surface area contributed by atoms with Crippen molar-refractivity contribution in [3.05, 3.63) is 58.9 Å². The lowest BCUT2D eigenvalue weighted by Crippen LogP contribution is -2.20. The molecule has 0 spiro atoms. The van der Waals surface area contributed by atoms with Crippen LogP contribution in [0.2, 0.25) is 5.02 Å². The van der Waals surface area contributed by atoms with E-state index in [0.717, 1.165) is 11.3 Å². The molecule has 0 saturated carbocycles. The van der Waals surface area contributed by atoms with Gasteiger partial charge in [0.15, 0.2) is 0 Å². The quantitative estimate of drug-likeness (QED) is 0.909. The Balaban J connectivity index is 1.72. The highest BCUT2D eigenvalue weighted by atomic mass is 35.5. The summed E-state index contributed by atoms with van der Waals surface area (Å²) in [5.74, 6) is -1.61. The summed E-state index contributed by atoms with van der Waals surface area (Å²) in [6.45, 7) is 0. The predicted molar refractivity (Wildman–Crippen MR) is 82.5 cm³/mol. The first-order valence-electron chi connectivity index (χ1n) is 6.69. The molecule has 3 rings (SSSR count). The van der Waals surface area contributed by atoms with Gasteiger partial charge in [-0.05, 0) is 29.8 Å². The van der Waals surface area contributed by atoms with Gasteiger partial charge in [0.05, 0.1) is 10.9 Å². The van der Waals surface area contributed by atoms with Crippen molar-refractivity contribution >= 4 is 34.8 Å². The second kappa shape index (κ2) is 5.77. The van der Waals surface area contributed by atoms with Crippen molar-refractivity contribution in [2.24, 2.45) is 0 Å². The number of amides is 2. The van der Waals surface area contributed by atoms with Crippen LogP contribution < -0.4 is 10.6 Å². The summed E-state index contributed by atoms with van der Waals surface area (Å²) in [6.07, 6.45) is 0.0117. The second-order valence-corrected chi connectivity index (χ2v) is 5.42. The van der Waals surface area contributed by atoms with E-state index in [9.17, 15) is 14.0 Å². The molecule has 22 heavy (non-hydrogen) atoms. The number of benzene rings is 2. The summed E-state index contributed by atoms with van der Waals surface area (Å²) in [7, 11) is 0. The Kier molecular flexibility index (Phi) is 3.81. The van der Waals surface area contributed by atoms with Gasteiger partial charge in [-0.2, -0.15) is 0 Å². The summed E-state index contributed by atoms with van der Waals surface area (Å²) in [5, 5.41) is 5.29. The van der Waals surface area contributed by atoms with Gasteiger partial charge in [0.2, 0.25) is 11.8 Å². The van der Waals surface area contributed by atoms with Crippen LogP contribution in [0.1, 0.15) is 17.9 Å². The number of hydrogen-bond donors (Lipinski definition) is 2. The smallest absolute Gasteiger partial charge is 0.232 e. The van der Waals surface area contributed by atoms with Crippen molar-refractivity contribution < 1.29 is 14.0 Å². The highest BCUT2D eigenvalue weighted by molar-refractivity contribution is 6.31. The summed E-state index contributed by atoms with van der Waals surface area (Å²) in [6, 6.07) is 11.2. The molecule has 0 aromatic heterocycles. The average Bonchev–Trinajstić information content (AvgIpc) is 2.79. The first-order valence-corrected chi connectivity index (χ1v) is 7.07. The molecule has 0 aliphatic carbocycles. The SMILES string of the molecule is O=C(CC1C(=O)Nc2ccccc21)Nc1ccc(F)c(Cl)c1. The molecule has 2 amide bonds. The molecule has 1 aliphatic rings. The van der Waals surface area contributed by atoms with Crippen LogP contribution in [-0.4, -0.2) is 11.8 Å². The maximum absolute atomic E-state index is 13.1.